The van der Waals surface area contributed by atoms with Crippen molar-refractivity contribution in [1.82, 2.24) is 4.98 Å². The van der Waals surface area contributed by atoms with Crippen molar-refractivity contribution in [2.24, 2.45) is 5.92 Å². The Balaban J connectivity index is 1.57. The second-order valence-corrected chi connectivity index (χ2v) is 8.44. The number of anilines is 1. The molecule has 5 heteroatoms. The fourth-order valence-electron chi connectivity index (χ4n) is 3.65. The van der Waals surface area contributed by atoms with Crippen molar-refractivity contribution in [1.29, 1.82) is 0 Å². The smallest absolute Gasteiger partial charge is 0.177 e. The normalized spacial score (nSPS) is 26.8. The highest BCUT2D eigenvalue weighted by Gasteiger charge is 2.60. The van der Waals surface area contributed by atoms with Crippen molar-refractivity contribution in [3.63, 3.8) is 0 Å². The molecule has 1 aromatic heterocycles. The van der Waals surface area contributed by atoms with E-state index in [9.17, 15) is 8.42 Å². The average molecular weight is 314 g/mol. The number of sulfone groups is 1. The van der Waals surface area contributed by atoms with Crippen LogP contribution in [0.15, 0.2) is 53.6 Å². The summed E-state index contributed by atoms with van der Waals surface area (Å²) in [7, 11) is -3.18. The highest BCUT2D eigenvalue weighted by Crippen LogP contribution is 2.59. The van der Waals surface area contributed by atoms with Crippen molar-refractivity contribution < 1.29 is 8.42 Å². The van der Waals surface area contributed by atoms with E-state index in [0.29, 0.717) is 5.92 Å². The molecule has 2 fully saturated rings. The van der Waals surface area contributed by atoms with E-state index in [1.165, 1.54) is 24.4 Å². The first kappa shape index (κ1) is 13.8. The molecule has 2 atom stereocenters. The van der Waals surface area contributed by atoms with Gasteiger partial charge in [0.25, 0.3) is 0 Å². The predicted octanol–water partition coefficient (Wildman–Crippen LogP) is 2.26. The van der Waals surface area contributed by atoms with Crippen LogP contribution in [0, 0.1) is 5.92 Å². The molecular formula is C17H18N2O2S. The van der Waals surface area contributed by atoms with Crippen LogP contribution >= 0.6 is 0 Å². The van der Waals surface area contributed by atoms with Crippen LogP contribution in [0.25, 0.3) is 0 Å². The third-order valence-electron chi connectivity index (χ3n) is 4.97. The van der Waals surface area contributed by atoms with Gasteiger partial charge in [-0.05, 0) is 30.0 Å². The highest BCUT2D eigenvalue weighted by atomic mass is 32.2. The van der Waals surface area contributed by atoms with E-state index in [2.05, 4.69) is 40.2 Å². The zero-order chi connectivity index (χ0) is 15.4. The molecule has 0 bridgehead atoms. The van der Waals surface area contributed by atoms with E-state index in [-0.39, 0.29) is 10.3 Å². The maximum absolute atomic E-state index is 11.5. The Kier molecular flexibility index (Phi) is 2.85. The lowest BCUT2D eigenvalue weighted by Crippen LogP contribution is -2.27. The minimum Gasteiger partial charge on any atom is -0.355 e. The number of benzene rings is 1. The van der Waals surface area contributed by atoms with Crippen LogP contribution in [-0.2, 0) is 15.3 Å². The van der Waals surface area contributed by atoms with Gasteiger partial charge in [-0.15, -0.1) is 0 Å². The summed E-state index contributed by atoms with van der Waals surface area (Å²) >= 11 is 0. The van der Waals surface area contributed by atoms with Gasteiger partial charge in [-0.25, -0.2) is 13.4 Å². The SMILES string of the molecule is CS(=O)(=O)c1ccc(N2CC3CC3(c3ccccc3)C2)nc1. The Labute approximate surface area is 130 Å². The monoisotopic (exact) mass is 314 g/mol. The van der Waals surface area contributed by atoms with Crippen molar-refractivity contribution in [2.45, 2.75) is 16.7 Å². The van der Waals surface area contributed by atoms with Gasteiger partial charge in [0, 0.05) is 31.0 Å². The van der Waals surface area contributed by atoms with Gasteiger partial charge in [0.05, 0.1) is 4.90 Å². The molecule has 4 rings (SSSR count). The number of hydrogen-bond donors (Lipinski definition) is 0. The molecule has 1 aliphatic carbocycles. The number of pyridine rings is 1. The molecule has 2 aliphatic rings. The third-order valence-corrected chi connectivity index (χ3v) is 6.07. The largest absolute Gasteiger partial charge is 0.355 e. The predicted molar refractivity (Wildman–Crippen MR) is 85.8 cm³/mol. The Morgan fingerprint density at radius 1 is 1.18 bits per heavy atom. The summed E-state index contributed by atoms with van der Waals surface area (Å²) in [6, 6.07) is 14.1. The van der Waals surface area contributed by atoms with Gasteiger partial charge < -0.3 is 4.90 Å². The Hall–Kier alpha value is -1.88. The van der Waals surface area contributed by atoms with E-state index in [1.807, 2.05) is 6.07 Å². The summed E-state index contributed by atoms with van der Waals surface area (Å²) < 4.78 is 23.0. The second-order valence-electron chi connectivity index (χ2n) is 6.43. The topological polar surface area (TPSA) is 50.3 Å². The van der Waals surface area contributed by atoms with Gasteiger partial charge >= 0.3 is 0 Å². The number of aromatic nitrogens is 1. The van der Waals surface area contributed by atoms with Crippen molar-refractivity contribution in [2.75, 3.05) is 24.2 Å². The zero-order valence-corrected chi connectivity index (χ0v) is 13.3. The summed E-state index contributed by atoms with van der Waals surface area (Å²) in [5.41, 5.74) is 1.69. The van der Waals surface area contributed by atoms with Gasteiger partial charge in [0.15, 0.2) is 9.84 Å². The summed E-state index contributed by atoms with van der Waals surface area (Å²) in [5, 5.41) is 0. The number of rotatable bonds is 3. The molecule has 2 unspecified atom stereocenters. The zero-order valence-electron chi connectivity index (χ0n) is 12.4. The number of fused-ring (bicyclic) bond motifs is 1. The summed E-state index contributed by atoms with van der Waals surface area (Å²) in [4.78, 5) is 6.90. The third kappa shape index (κ3) is 2.11. The quantitative estimate of drug-likeness (QED) is 0.872. The fraction of sp³-hybridized carbons (Fsp3) is 0.353. The first-order chi connectivity index (χ1) is 10.5. The molecule has 22 heavy (non-hydrogen) atoms. The Morgan fingerprint density at radius 2 is 1.95 bits per heavy atom. The highest BCUT2D eigenvalue weighted by molar-refractivity contribution is 7.90. The number of nitrogens with zero attached hydrogens (tertiary/aromatic N) is 2. The van der Waals surface area contributed by atoms with Crippen LogP contribution in [0.3, 0.4) is 0 Å². The molecule has 114 valence electrons. The maximum atomic E-state index is 11.5. The van der Waals surface area contributed by atoms with Crippen LogP contribution < -0.4 is 4.90 Å². The first-order valence-electron chi connectivity index (χ1n) is 7.46. The lowest BCUT2D eigenvalue weighted by Gasteiger charge is -2.22. The van der Waals surface area contributed by atoms with E-state index in [4.69, 9.17) is 0 Å². The minimum absolute atomic E-state index is 0.276. The maximum Gasteiger partial charge on any atom is 0.177 e. The molecule has 2 heterocycles. The van der Waals surface area contributed by atoms with E-state index in [0.717, 1.165) is 18.9 Å². The lowest BCUT2D eigenvalue weighted by molar-refractivity contribution is 0.601. The minimum atomic E-state index is -3.18. The number of hydrogen-bond acceptors (Lipinski definition) is 4. The van der Waals surface area contributed by atoms with Gasteiger partial charge in [-0.3, -0.25) is 0 Å². The molecule has 0 spiro atoms. The summed E-state index contributed by atoms with van der Waals surface area (Å²) in [6.45, 7) is 1.97. The first-order valence-corrected chi connectivity index (χ1v) is 9.35. The van der Waals surface area contributed by atoms with Gasteiger partial charge in [-0.1, -0.05) is 30.3 Å². The summed E-state index contributed by atoms with van der Waals surface area (Å²) in [6.07, 6.45) is 3.91. The molecule has 0 radical (unpaired) electrons. The molecule has 0 amide bonds. The van der Waals surface area contributed by atoms with E-state index >= 15 is 0 Å². The van der Waals surface area contributed by atoms with Gasteiger partial charge in [-0.2, -0.15) is 0 Å². The van der Waals surface area contributed by atoms with Gasteiger partial charge in [0.2, 0.25) is 0 Å². The van der Waals surface area contributed by atoms with Crippen LogP contribution in [0.1, 0.15) is 12.0 Å². The molecule has 1 aromatic carbocycles. The lowest BCUT2D eigenvalue weighted by atomic mass is 9.95. The molecule has 1 saturated heterocycles. The van der Waals surface area contributed by atoms with Gasteiger partial charge in [0.1, 0.15) is 5.82 Å². The van der Waals surface area contributed by atoms with Crippen molar-refractivity contribution >= 4 is 15.7 Å². The summed E-state index contributed by atoms with van der Waals surface area (Å²) in [5.74, 6) is 1.56. The standard InChI is InChI=1S/C17H18N2O2S/c1-22(20,21)15-7-8-16(18-10-15)19-11-14-9-17(14,12-19)13-5-3-2-4-6-13/h2-8,10,14H,9,11-12H2,1H3. The van der Waals surface area contributed by atoms with Crippen molar-refractivity contribution in [3.8, 4) is 0 Å². The van der Waals surface area contributed by atoms with Crippen LogP contribution in [0.5, 0.6) is 0 Å². The molecule has 1 saturated carbocycles. The van der Waals surface area contributed by atoms with E-state index in [1.54, 1.807) is 6.07 Å². The van der Waals surface area contributed by atoms with E-state index < -0.39 is 9.84 Å². The molecule has 0 N–H and O–H groups in total. The number of piperidine rings is 1. The molecular weight excluding hydrogens is 296 g/mol. The Bertz CT molecular complexity index is 802. The average Bonchev–Trinajstić information content (AvgIpc) is 3.10. The van der Waals surface area contributed by atoms with Crippen LogP contribution in [0.4, 0.5) is 5.82 Å². The van der Waals surface area contributed by atoms with Crippen molar-refractivity contribution in [3.05, 3.63) is 54.2 Å². The Morgan fingerprint density at radius 3 is 2.59 bits per heavy atom. The molecule has 4 nitrogen and oxygen atoms in total. The second kappa shape index (κ2) is 4.56. The fourth-order valence-corrected chi connectivity index (χ4v) is 4.21. The van der Waals surface area contributed by atoms with Crippen LogP contribution in [0.2, 0.25) is 0 Å². The van der Waals surface area contributed by atoms with Crippen LogP contribution in [-0.4, -0.2) is 32.7 Å². The molecule has 1 aliphatic heterocycles. The molecule has 2 aromatic rings.